The van der Waals surface area contributed by atoms with Crippen molar-refractivity contribution in [1.29, 1.82) is 0 Å². The Morgan fingerprint density at radius 1 is 1.23 bits per heavy atom. The van der Waals surface area contributed by atoms with E-state index in [1.165, 1.54) is 6.42 Å². The molecule has 0 aromatic heterocycles. The van der Waals surface area contributed by atoms with Crippen LogP contribution in [0.4, 0.5) is 0 Å². The van der Waals surface area contributed by atoms with Crippen molar-refractivity contribution in [3.8, 4) is 11.5 Å². The molecule has 0 amide bonds. The van der Waals surface area contributed by atoms with E-state index in [4.69, 9.17) is 9.47 Å². The largest absolute Gasteiger partial charge is 0.493 e. The van der Waals surface area contributed by atoms with Gasteiger partial charge in [-0.1, -0.05) is 12.5 Å². The van der Waals surface area contributed by atoms with Gasteiger partial charge >= 0.3 is 0 Å². The number of aliphatic hydroxyl groups is 2. The van der Waals surface area contributed by atoms with Crippen molar-refractivity contribution in [2.75, 3.05) is 33.9 Å². The van der Waals surface area contributed by atoms with E-state index in [0.717, 1.165) is 31.4 Å². The molecule has 124 valence electrons. The van der Waals surface area contributed by atoms with Gasteiger partial charge in [0, 0.05) is 19.2 Å². The average Bonchev–Trinajstić information content (AvgIpc) is 2.56. The highest BCUT2D eigenvalue weighted by Gasteiger charge is 2.24. The number of ether oxygens (including phenoxy) is 2. The number of benzene rings is 1. The number of methoxy groups -OCH3 is 2. The summed E-state index contributed by atoms with van der Waals surface area (Å²) < 4.78 is 10.5. The second-order valence-electron chi connectivity index (χ2n) is 5.79. The topological polar surface area (TPSA) is 62.2 Å². The molecule has 1 heterocycles. The molecule has 0 spiro atoms. The lowest BCUT2D eigenvalue weighted by atomic mass is 9.98. The van der Waals surface area contributed by atoms with Crippen molar-refractivity contribution < 1.29 is 19.7 Å². The Labute approximate surface area is 132 Å². The fraction of sp³-hybridized carbons (Fsp3) is 0.647. The molecule has 0 bridgehead atoms. The molecule has 2 N–H and O–H groups in total. The molecular formula is C17H27NO4. The Balaban J connectivity index is 2.05. The quantitative estimate of drug-likeness (QED) is 0.806. The minimum Gasteiger partial charge on any atom is -0.493 e. The van der Waals surface area contributed by atoms with Crippen molar-refractivity contribution in [3.63, 3.8) is 0 Å². The summed E-state index contributed by atoms with van der Waals surface area (Å²) in [5.74, 6) is 1.29. The Morgan fingerprint density at radius 3 is 2.68 bits per heavy atom. The van der Waals surface area contributed by atoms with Gasteiger partial charge in [0.1, 0.15) is 0 Å². The third-order valence-corrected chi connectivity index (χ3v) is 4.41. The summed E-state index contributed by atoms with van der Waals surface area (Å²) in [6.45, 7) is 1.77. The van der Waals surface area contributed by atoms with Crippen molar-refractivity contribution >= 4 is 0 Å². The van der Waals surface area contributed by atoms with Gasteiger partial charge in [-0.15, -0.1) is 0 Å². The number of aliphatic hydroxyl groups excluding tert-OH is 2. The molecule has 2 atom stereocenters. The van der Waals surface area contributed by atoms with Crippen LogP contribution >= 0.6 is 0 Å². The number of hydrogen-bond donors (Lipinski definition) is 2. The van der Waals surface area contributed by atoms with Crippen molar-refractivity contribution in [3.05, 3.63) is 23.8 Å². The zero-order valence-corrected chi connectivity index (χ0v) is 13.5. The maximum atomic E-state index is 10.5. The number of likely N-dealkylation sites (tertiary alicyclic amines) is 1. The molecule has 5 nitrogen and oxygen atoms in total. The van der Waals surface area contributed by atoms with Crippen LogP contribution in [0.5, 0.6) is 11.5 Å². The summed E-state index contributed by atoms with van der Waals surface area (Å²) in [4.78, 5) is 2.29. The summed E-state index contributed by atoms with van der Waals surface area (Å²) in [6, 6.07) is 5.89. The van der Waals surface area contributed by atoms with Crippen LogP contribution in [0.3, 0.4) is 0 Å². The van der Waals surface area contributed by atoms with Gasteiger partial charge in [-0.2, -0.15) is 0 Å². The molecule has 5 heteroatoms. The molecule has 1 fully saturated rings. The zero-order valence-electron chi connectivity index (χ0n) is 13.5. The minimum atomic E-state index is -0.570. The van der Waals surface area contributed by atoms with E-state index >= 15 is 0 Å². The van der Waals surface area contributed by atoms with E-state index in [9.17, 15) is 10.2 Å². The van der Waals surface area contributed by atoms with Gasteiger partial charge < -0.3 is 19.7 Å². The molecule has 1 saturated heterocycles. The van der Waals surface area contributed by atoms with Gasteiger partial charge in [-0.3, -0.25) is 4.90 Å². The van der Waals surface area contributed by atoms with Crippen LogP contribution in [0.15, 0.2) is 18.2 Å². The molecule has 0 aliphatic carbocycles. The maximum absolute atomic E-state index is 10.5. The highest BCUT2D eigenvalue weighted by Crippen LogP contribution is 2.31. The summed E-state index contributed by atoms with van der Waals surface area (Å²) >= 11 is 0. The number of β-amino-alcohol motifs (C(OH)–C–C–N with tert-alkyl or cyclic N) is 1. The lowest BCUT2D eigenvalue weighted by Gasteiger charge is -2.36. The lowest BCUT2D eigenvalue weighted by Crippen LogP contribution is -2.42. The van der Waals surface area contributed by atoms with Gasteiger partial charge in [0.2, 0.25) is 0 Å². The fourth-order valence-corrected chi connectivity index (χ4v) is 3.16. The summed E-state index contributed by atoms with van der Waals surface area (Å²) in [5.41, 5.74) is 0.825. The number of nitrogens with zero attached hydrogens (tertiary/aromatic N) is 1. The Kier molecular flexibility index (Phi) is 6.49. The highest BCUT2D eigenvalue weighted by molar-refractivity contribution is 5.43. The van der Waals surface area contributed by atoms with E-state index in [2.05, 4.69) is 4.90 Å². The van der Waals surface area contributed by atoms with E-state index in [-0.39, 0.29) is 6.61 Å². The molecular weight excluding hydrogens is 282 g/mol. The second kappa shape index (κ2) is 8.36. The fourth-order valence-electron chi connectivity index (χ4n) is 3.16. The SMILES string of the molecule is COc1ccc(C(O)CN2CCCCC2CCO)cc1OC. The number of rotatable bonds is 7. The van der Waals surface area contributed by atoms with Gasteiger partial charge in [-0.05, 0) is 43.5 Å². The molecule has 2 rings (SSSR count). The molecule has 1 aromatic rings. The van der Waals surface area contributed by atoms with E-state index in [1.54, 1.807) is 14.2 Å². The predicted molar refractivity (Wildman–Crippen MR) is 85.4 cm³/mol. The smallest absolute Gasteiger partial charge is 0.161 e. The van der Waals surface area contributed by atoms with Crippen LogP contribution in [0.2, 0.25) is 0 Å². The lowest BCUT2D eigenvalue weighted by molar-refractivity contribution is 0.0564. The molecule has 1 aromatic carbocycles. The second-order valence-corrected chi connectivity index (χ2v) is 5.79. The molecule has 0 radical (unpaired) electrons. The molecule has 0 saturated carbocycles. The first-order chi connectivity index (χ1) is 10.7. The molecule has 22 heavy (non-hydrogen) atoms. The number of piperidine rings is 1. The predicted octanol–water partition coefficient (Wildman–Crippen LogP) is 1.97. The normalized spacial score (nSPS) is 20.6. The van der Waals surface area contributed by atoms with E-state index < -0.39 is 6.10 Å². The summed E-state index contributed by atoms with van der Waals surface area (Å²) in [7, 11) is 3.19. The third kappa shape index (κ3) is 4.12. The Morgan fingerprint density at radius 2 is 2.00 bits per heavy atom. The van der Waals surface area contributed by atoms with E-state index in [1.807, 2.05) is 18.2 Å². The van der Waals surface area contributed by atoms with Gasteiger partial charge in [0.25, 0.3) is 0 Å². The van der Waals surface area contributed by atoms with Crippen LogP contribution in [0, 0.1) is 0 Å². The highest BCUT2D eigenvalue weighted by atomic mass is 16.5. The van der Waals surface area contributed by atoms with Crippen LogP contribution in [-0.4, -0.2) is 55.1 Å². The monoisotopic (exact) mass is 309 g/mol. The first-order valence-corrected chi connectivity index (χ1v) is 7.94. The van der Waals surface area contributed by atoms with Crippen molar-refractivity contribution in [2.45, 2.75) is 37.8 Å². The van der Waals surface area contributed by atoms with Crippen LogP contribution in [-0.2, 0) is 0 Å². The van der Waals surface area contributed by atoms with Gasteiger partial charge in [-0.25, -0.2) is 0 Å². The average molecular weight is 309 g/mol. The van der Waals surface area contributed by atoms with Crippen molar-refractivity contribution in [1.82, 2.24) is 4.90 Å². The van der Waals surface area contributed by atoms with Crippen LogP contribution in [0.1, 0.15) is 37.4 Å². The molecule has 2 unspecified atom stereocenters. The Bertz CT molecular complexity index is 464. The molecule has 1 aliphatic rings. The Hall–Kier alpha value is -1.30. The van der Waals surface area contributed by atoms with E-state index in [0.29, 0.717) is 24.1 Å². The number of hydrogen-bond acceptors (Lipinski definition) is 5. The van der Waals surface area contributed by atoms with Crippen LogP contribution < -0.4 is 9.47 Å². The van der Waals surface area contributed by atoms with Crippen molar-refractivity contribution in [2.24, 2.45) is 0 Å². The van der Waals surface area contributed by atoms with Gasteiger partial charge in [0.15, 0.2) is 11.5 Å². The third-order valence-electron chi connectivity index (χ3n) is 4.41. The first kappa shape index (κ1) is 17.1. The standard InChI is InChI=1S/C17H27NO4/c1-21-16-7-6-13(11-17(16)22-2)15(20)12-18-9-4-3-5-14(18)8-10-19/h6-7,11,14-15,19-20H,3-5,8-10,12H2,1-2H3. The summed E-state index contributed by atoms with van der Waals surface area (Å²) in [6.07, 6.45) is 3.66. The zero-order chi connectivity index (χ0) is 15.9. The molecule has 1 aliphatic heterocycles. The minimum absolute atomic E-state index is 0.202. The van der Waals surface area contributed by atoms with Crippen LogP contribution in [0.25, 0.3) is 0 Å². The first-order valence-electron chi connectivity index (χ1n) is 7.94. The summed E-state index contributed by atoms with van der Waals surface area (Å²) in [5, 5.41) is 19.7. The maximum Gasteiger partial charge on any atom is 0.161 e. The van der Waals surface area contributed by atoms with Gasteiger partial charge in [0.05, 0.1) is 20.3 Å².